The first kappa shape index (κ1) is 25.0. The summed E-state index contributed by atoms with van der Waals surface area (Å²) in [7, 11) is 1.98. The summed E-state index contributed by atoms with van der Waals surface area (Å²) in [5.74, 6) is 0. The average Bonchev–Trinajstić information content (AvgIpc) is 3.56. The summed E-state index contributed by atoms with van der Waals surface area (Å²) < 4.78 is 5.73. The Balaban J connectivity index is 0.00000141. The van der Waals surface area contributed by atoms with E-state index in [1.54, 1.807) is 23.1 Å². The van der Waals surface area contributed by atoms with Gasteiger partial charge in [-0.3, -0.25) is 9.36 Å². The van der Waals surface area contributed by atoms with Crippen LogP contribution in [0, 0.1) is 11.3 Å². The molecule has 0 atom stereocenters. The van der Waals surface area contributed by atoms with Crippen molar-refractivity contribution in [3.05, 3.63) is 95.8 Å². The predicted octanol–water partition coefficient (Wildman–Crippen LogP) is 4.36. The van der Waals surface area contributed by atoms with Gasteiger partial charge in [0.25, 0.3) is 10.6 Å². The van der Waals surface area contributed by atoms with Gasteiger partial charge < -0.3 is 4.90 Å². The first-order valence-corrected chi connectivity index (χ1v) is 14.0. The highest BCUT2D eigenvalue weighted by atomic mass is 32.2. The number of rotatable bonds is 4. The summed E-state index contributed by atoms with van der Waals surface area (Å²) in [5, 5.41) is 13.3. The van der Waals surface area contributed by atoms with Crippen molar-refractivity contribution in [2.45, 2.75) is 38.8 Å². The monoisotopic (exact) mass is 519 g/mol. The van der Waals surface area contributed by atoms with E-state index in [-0.39, 0.29) is 5.56 Å². The van der Waals surface area contributed by atoms with E-state index in [4.69, 9.17) is 0 Å². The lowest BCUT2D eigenvalue weighted by molar-refractivity contribution is -0.685. The lowest BCUT2D eigenvalue weighted by Crippen LogP contribution is -2.36. The number of nitrogens with zero attached hydrogens (tertiary/aromatic N) is 4. The van der Waals surface area contributed by atoms with Crippen LogP contribution in [0.3, 0.4) is 0 Å². The Bertz CT molecular complexity index is 1560. The molecule has 0 aliphatic carbocycles. The molecule has 1 aliphatic heterocycles. The minimum atomic E-state index is 0.0302. The third kappa shape index (κ3) is 4.98. The van der Waals surface area contributed by atoms with Gasteiger partial charge in [0.2, 0.25) is 0 Å². The molecule has 2 aromatic heterocycles. The summed E-state index contributed by atoms with van der Waals surface area (Å²) in [6, 6.07) is 18.2. The Morgan fingerprint density at radius 3 is 2.63 bits per heavy atom. The fourth-order valence-corrected chi connectivity index (χ4v) is 7.19. The molecular weight excluding hydrogens is 493 g/mol. The molecule has 0 amide bonds. The van der Waals surface area contributed by atoms with Gasteiger partial charge in [-0.05, 0) is 25.1 Å². The molecule has 5 rings (SSSR count). The Kier molecular flexibility index (Phi) is 7.91. The van der Waals surface area contributed by atoms with Crippen LogP contribution in [0.2, 0.25) is 0 Å². The molecule has 0 saturated heterocycles. The lowest BCUT2D eigenvalue weighted by Gasteiger charge is -2.12. The van der Waals surface area contributed by atoms with E-state index in [1.807, 2.05) is 56.7 Å². The molecule has 0 N–H and O–H groups in total. The van der Waals surface area contributed by atoms with Gasteiger partial charge in [-0.15, -0.1) is 11.3 Å². The van der Waals surface area contributed by atoms with Crippen molar-refractivity contribution in [2.75, 3.05) is 11.9 Å². The van der Waals surface area contributed by atoms with Crippen LogP contribution in [0.25, 0.3) is 11.1 Å². The highest BCUT2D eigenvalue weighted by Gasteiger charge is 2.25. The number of thioether (sulfide) groups is 1. The molecule has 2 aromatic carbocycles. The standard InChI is InChI=1S/C25H21N4OS3.C2H6/c1-3-29-22(14-21-28(11-12-31-21)16-17-7-5-4-6-8-17)33-23(24(29)30)25-27(2)19-10-9-18(15-26)13-20(19)32-25;1-2/h4-14H,3,16H2,1-2H3;1-2H3/q+1;/b25-23+;. The van der Waals surface area contributed by atoms with Crippen LogP contribution in [-0.2, 0) is 13.1 Å². The Morgan fingerprint density at radius 2 is 1.91 bits per heavy atom. The molecule has 8 heteroatoms. The van der Waals surface area contributed by atoms with Crippen LogP contribution in [0.5, 0.6) is 0 Å². The predicted molar refractivity (Wildman–Crippen MR) is 147 cm³/mol. The number of hydrogen-bond acceptors (Lipinski definition) is 6. The molecule has 0 bridgehead atoms. The van der Waals surface area contributed by atoms with Crippen LogP contribution in [0.4, 0.5) is 5.69 Å². The van der Waals surface area contributed by atoms with E-state index in [2.05, 4.69) is 57.5 Å². The van der Waals surface area contributed by atoms with E-state index in [9.17, 15) is 10.1 Å². The zero-order chi connectivity index (χ0) is 24.9. The number of anilines is 1. The van der Waals surface area contributed by atoms with Gasteiger partial charge in [0.15, 0.2) is 12.7 Å². The van der Waals surface area contributed by atoms with Crippen LogP contribution >= 0.6 is 34.4 Å². The van der Waals surface area contributed by atoms with Crippen LogP contribution < -0.4 is 24.2 Å². The molecule has 0 saturated carbocycles. The maximum absolute atomic E-state index is 13.4. The molecule has 5 nitrogen and oxygen atoms in total. The van der Waals surface area contributed by atoms with Gasteiger partial charge in [0.1, 0.15) is 14.2 Å². The van der Waals surface area contributed by atoms with E-state index in [1.165, 1.54) is 16.9 Å². The second-order valence-corrected chi connectivity index (χ2v) is 10.6. The first-order chi connectivity index (χ1) is 17.1. The van der Waals surface area contributed by atoms with Crippen LogP contribution in [0.15, 0.2) is 69.8 Å². The van der Waals surface area contributed by atoms with Gasteiger partial charge in [0, 0.05) is 24.1 Å². The van der Waals surface area contributed by atoms with Crippen molar-refractivity contribution < 1.29 is 4.57 Å². The number of fused-ring (bicyclic) bond motifs is 1. The van der Waals surface area contributed by atoms with Gasteiger partial charge in [0.05, 0.1) is 28.8 Å². The van der Waals surface area contributed by atoms with Gasteiger partial charge in [-0.2, -0.15) is 9.83 Å². The fourth-order valence-electron chi connectivity index (χ4n) is 3.84. The third-order valence-corrected chi connectivity index (χ3v) is 8.86. The van der Waals surface area contributed by atoms with Crippen LogP contribution in [-0.4, -0.2) is 11.6 Å². The second-order valence-electron chi connectivity index (χ2n) is 7.58. The molecule has 0 unspecified atom stereocenters. The summed E-state index contributed by atoms with van der Waals surface area (Å²) in [5.41, 5.74) is 2.92. The zero-order valence-electron chi connectivity index (χ0n) is 20.2. The molecule has 0 radical (unpaired) electrons. The molecule has 0 spiro atoms. The van der Waals surface area contributed by atoms with Crippen molar-refractivity contribution in [1.82, 2.24) is 4.57 Å². The van der Waals surface area contributed by atoms with Crippen LogP contribution in [0.1, 0.15) is 36.9 Å². The van der Waals surface area contributed by atoms with Gasteiger partial charge >= 0.3 is 0 Å². The van der Waals surface area contributed by atoms with Crippen molar-refractivity contribution in [1.29, 1.82) is 5.26 Å². The number of nitriles is 1. The van der Waals surface area contributed by atoms with E-state index >= 15 is 0 Å². The molecule has 3 heterocycles. The van der Waals surface area contributed by atoms with Crippen molar-refractivity contribution in [3.63, 3.8) is 0 Å². The smallest absolute Gasteiger partial charge is 0.271 e. The maximum Gasteiger partial charge on any atom is 0.271 e. The highest BCUT2D eigenvalue weighted by molar-refractivity contribution is 8.08. The summed E-state index contributed by atoms with van der Waals surface area (Å²) >= 11 is 4.76. The highest BCUT2D eigenvalue weighted by Crippen LogP contribution is 2.45. The number of hydrogen-bond donors (Lipinski definition) is 0. The topological polar surface area (TPSA) is 52.9 Å². The molecule has 0 fully saturated rings. The lowest BCUT2D eigenvalue weighted by atomic mass is 10.2. The van der Waals surface area contributed by atoms with Gasteiger partial charge in [-0.25, -0.2) is 0 Å². The Hall–Kier alpha value is -3.12. The fraction of sp³-hybridized carbons (Fsp3) is 0.222. The van der Waals surface area contributed by atoms with Crippen molar-refractivity contribution >= 4 is 51.2 Å². The Labute approximate surface area is 217 Å². The maximum atomic E-state index is 13.4. The molecule has 4 aromatic rings. The minimum Gasteiger partial charge on any atom is -0.337 e. The van der Waals surface area contributed by atoms with Gasteiger partial charge in [-0.1, -0.05) is 67.3 Å². The van der Waals surface area contributed by atoms with E-state index < -0.39 is 0 Å². The largest absolute Gasteiger partial charge is 0.337 e. The third-order valence-electron chi connectivity index (χ3n) is 5.54. The zero-order valence-corrected chi connectivity index (χ0v) is 22.6. The summed E-state index contributed by atoms with van der Waals surface area (Å²) in [6.07, 6.45) is 4.21. The molecule has 1 aliphatic rings. The minimum absolute atomic E-state index is 0.0302. The molecule has 178 valence electrons. The summed E-state index contributed by atoms with van der Waals surface area (Å²) in [6.45, 7) is 7.40. The van der Waals surface area contributed by atoms with E-state index in [0.29, 0.717) is 12.1 Å². The van der Waals surface area contributed by atoms with Crippen molar-refractivity contribution in [2.24, 2.45) is 0 Å². The van der Waals surface area contributed by atoms with E-state index in [0.717, 1.165) is 36.4 Å². The number of benzene rings is 2. The summed E-state index contributed by atoms with van der Waals surface area (Å²) in [4.78, 5) is 16.4. The quantitative estimate of drug-likeness (QED) is 0.376. The molecule has 35 heavy (non-hydrogen) atoms. The number of thiazole rings is 2. The first-order valence-electron chi connectivity index (χ1n) is 11.5. The number of aromatic nitrogens is 2. The van der Waals surface area contributed by atoms with Crippen molar-refractivity contribution in [3.8, 4) is 6.07 Å². The Morgan fingerprint density at radius 1 is 1.14 bits per heavy atom. The normalized spacial score (nSPS) is 14.4. The SMILES string of the molecule is CC.CCn1c(=O)/c(=C2\Sc3cc(C#N)ccc3N2C)s/c1=C\c1scc[n+]1Cc1ccccc1. The molecular formula is C27H27N4OS3+. The average molecular weight is 520 g/mol. The second kappa shape index (κ2) is 11.1.